The minimum absolute atomic E-state index is 0.104. The first-order chi connectivity index (χ1) is 12.4. The minimum Gasteiger partial charge on any atom is -0.484 e. The Hall–Kier alpha value is -2.54. The minimum atomic E-state index is -3.67. The van der Waals surface area contributed by atoms with Gasteiger partial charge in [-0.25, -0.2) is 8.42 Å². The average Bonchev–Trinajstić information content (AvgIpc) is 2.61. The molecule has 2 N–H and O–H groups in total. The normalized spacial score (nSPS) is 12.2. The Morgan fingerprint density at radius 2 is 1.73 bits per heavy atom. The van der Waals surface area contributed by atoms with Crippen molar-refractivity contribution >= 4 is 21.6 Å². The third-order valence-corrected chi connectivity index (χ3v) is 5.06. The van der Waals surface area contributed by atoms with E-state index in [1.807, 2.05) is 13.0 Å². The summed E-state index contributed by atoms with van der Waals surface area (Å²) in [4.78, 5) is 11.9. The quantitative estimate of drug-likeness (QED) is 0.704. The van der Waals surface area contributed by atoms with Crippen molar-refractivity contribution < 1.29 is 17.9 Å². The molecule has 7 heteroatoms. The van der Waals surface area contributed by atoms with Crippen LogP contribution < -0.4 is 14.8 Å². The van der Waals surface area contributed by atoms with Gasteiger partial charge in [-0.05, 0) is 49.7 Å². The van der Waals surface area contributed by atoms with Gasteiger partial charge in [0.25, 0.3) is 15.9 Å². The summed E-state index contributed by atoms with van der Waals surface area (Å²) in [6, 6.07) is 14.7. The van der Waals surface area contributed by atoms with Crippen LogP contribution in [0.5, 0.6) is 5.75 Å². The number of carbonyl (C=O) groups excluding carboxylic acids is 1. The van der Waals surface area contributed by atoms with Gasteiger partial charge in [0, 0.05) is 11.7 Å². The molecule has 26 heavy (non-hydrogen) atoms. The van der Waals surface area contributed by atoms with Crippen molar-refractivity contribution in [3.05, 3.63) is 54.6 Å². The number of carbonyl (C=O) groups is 1. The molecule has 6 nitrogen and oxygen atoms in total. The molecule has 0 fully saturated rings. The number of ether oxygens (including phenoxy) is 1. The number of amides is 1. The van der Waals surface area contributed by atoms with Crippen LogP contribution in [-0.2, 0) is 14.8 Å². The van der Waals surface area contributed by atoms with Crippen molar-refractivity contribution in [2.24, 2.45) is 0 Å². The van der Waals surface area contributed by atoms with E-state index in [-0.39, 0.29) is 23.5 Å². The fraction of sp³-hybridized carbons (Fsp3) is 0.316. The molecule has 1 amide bonds. The first kappa shape index (κ1) is 19.8. The zero-order valence-electron chi connectivity index (χ0n) is 14.9. The van der Waals surface area contributed by atoms with E-state index in [2.05, 4.69) is 17.0 Å². The monoisotopic (exact) mass is 376 g/mol. The van der Waals surface area contributed by atoms with E-state index < -0.39 is 10.0 Å². The Bertz CT molecular complexity index is 805. The van der Waals surface area contributed by atoms with Crippen LogP contribution in [0.1, 0.15) is 26.7 Å². The molecule has 2 aromatic rings. The van der Waals surface area contributed by atoms with Crippen molar-refractivity contribution in [3.63, 3.8) is 0 Å². The molecule has 0 spiro atoms. The predicted molar refractivity (Wildman–Crippen MR) is 102 cm³/mol. The van der Waals surface area contributed by atoms with Gasteiger partial charge in [-0.3, -0.25) is 9.52 Å². The smallest absolute Gasteiger partial charge is 0.261 e. The molecule has 0 saturated heterocycles. The zero-order valence-corrected chi connectivity index (χ0v) is 15.8. The molecule has 0 unspecified atom stereocenters. The maximum Gasteiger partial charge on any atom is 0.261 e. The van der Waals surface area contributed by atoms with Gasteiger partial charge in [0.1, 0.15) is 5.75 Å². The molecule has 2 aromatic carbocycles. The molecule has 0 aliphatic carbocycles. The number of hydrogen-bond donors (Lipinski definition) is 2. The second kappa shape index (κ2) is 9.24. The number of nitrogens with one attached hydrogen (secondary N) is 2. The highest BCUT2D eigenvalue weighted by atomic mass is 32.2. The molecule has 1 atom stereocenters. The highest BCUT2D eigenvalue weighted by Gasteiger charge is 2.14. The SMILES string of the molecule is CCC[C@@H](C)NC(=O)COc1ccc(S(=O)(=O)Nc2ccccc2)cc1. The molecule has 0 aliphatic rings. The number of benzene rings is 2. The average molecular weight is 376 g/mol. The van der Waals surface area contributed by atoms with Crippen molar-refractivity contribution in [1.82, 2.24) is 5.32 Å². The highest BCUT2D eigenvalue weighted by molar-refractivity contribution is 7.92. The van der Waals surface area contributed by atoms with Crippen LogP contribution in [-0.4, -0.2) is 27.0 Å². The number of rotatable bonds is 9. The molecule has 2 rings (SSSR count). The Morgan fingerprint density at radius 3 is 2.35 bits per heavy atom. The molecule has 0 aliphatic heterocycles. The lowest BCUT2D eigenvalue weighted by Crippen LogP contribution is -2.35. The van der Waals surface area contributed by atoms with Gasteiger partial charge in [0.15, 0.2) is 6.61 Å². The molecule has 140 valence electrons. The first-order valence-electron chi connectivity index (χ1n) is 8.51. The van der Waals surface area contributed by atoms with Gasteiger partial charge >= 0.3 is 0 Å². The summed E-state index contributed by atoms with van der Waals surface area (Å²) >= 11 is 0. The Balaban J connectivity index is 1.92. The van der Waals surface area contributed by atoms with Crippen LogP contribution >= 0.6 is 0 Å². The summed E-state index contributed by atoms with van der Waals surface area (Å²) in [5.41, 5.74) is 0.491. The van der Waals surface area contributed by atoms with Crippen LogP contribution in [0.4, 0.5) is 5.69 Å². The van der Waals surface area contributed by atoms with Crippen molar-refractivity contribution in [2.45, 2.75) is 37.6 Å². The third-order valence-electron chi connectivity index (χ3n) is 3.66. The summed E-state index contributed by atoms with van der Waals surface area (Å²) in [5, 5.41) is 2.84. The van der Waals surface area contributed by atoms with E-state index in [0.29, 0.717) is 11.4 Å². The standard InChI is InChI=1S/C19H24N2O4S/c1-3-7-15(2)20-19(22)14-25-17-10-12-18(13-11-17)26(23,24)21-16-8-5-4-6-9-16/h4-6,8-13,15,21H,3,7,14H2,1-2H3,(H,20,22)/t15-/m1/s1. The summed E-state index contributed by atoms with van der Waals surface area (Å²) in [5.74, 6) is 0.232. The van der Waals surface area contributed by atoms with E-state index in [1.54, 1.807) is 24.3 Å². The number of hydrogen-bond acceptors (Lipinski definition) is 4. The lowest BCUT2D eigenvalue weighted by atomic mass is 10.2. The van der Waals surface area contributed by atoms with Gasteiger partial charge in [-0.2, -0.15) is 0 Å². The Morgan fingerprint density at radius 1 is 1.08 bits per heavy atom. The maximum atomic E-state index is 12.3. The predicted octanol–water partition coefficient (Wildman–Crippen LogP) is 3.17. The highest BCUT2D eigenvalue weighted by Crippen LogP contribution is 2.19. The lowest BCUT2D eigenvalue weighted by Gasteiger charge is -2.13. The second-order valence-corrected chi connectivity index (χ2v) is 7.67. The Labute approximate surface area is 154 Å². The van der Waals surface area contributed by atoms with Crippen molar-refractivity contribution in [3.8, 4) is 5.75 Å². The van der Waals surface area contributed by atoms with Crippen LogP contribution in [0.15, 0.2) is 59.5 Å². The van der Waals surface area contributed by atoms with Gasteiger partial charge < -0.3 is 10.1 Å². The molecule has 0 radical (unpaired) electrons. The van der Waals surface area contributed by atoms with Crippen molar-refractivity contribution in [2.75, 3.05) is 11.3 Å². The fourth-order valence-electron chi connectivity index (χ4n) is 2.41. The van der Waals surface area contributed by atoms with Gasteiger partial charge in [-0.1, -0.05) is 31.5 Å². The Kier molecular flexibility index (Phi) is 7.03. The third kappa shape index (κ3) is 6.07. The molecule has 0 aromatic heterocycles. The summed E-state index contributed by atoms with van der Waals surface area (Å²) in [6.07, 6.45) is 1.90. The van der Waals surface area contributed by atoms with E-state index in [4.69, 9.17) is 4.74 Å². The molecular weight excluding hydrogens is 352 g/mol. The molecule has 0 saturated carbocycles. The van der Waals surface area contributed by atoms with Crippen LogP contribution in [0.25, 0.3) is 0 Å². The zero-order chi connectivity index (χ0) is 19.0. The van der Waals surface area contributed by atoms with Crippen LogP contribution in [0.3, 0.4) is 0 Å². The lowest BCUT2D eigenvalue weighted by molar-refractivity contribution is -0.123. The second-order valence-electron chi connectivity index (χ2n) is 5.99. The van der Waals surface area contributed by atoms with Gasteiger partial charge in [-0.15, -0.1) is 0 Å². The van der Waals surface area contributed by atoms with E-state index >= 15 is 0 Å². The number of sulfonamides is 1. The molecular formula is C19H24N2O4S. The maximum absolute atomic E-state index is 12.3. The largest absolute Gasteiger partial charge is 0.484 e. The molecule has 0 heterocycles. The van der Waals surface area contributed by atoms with E-state index in [1.165, 1.54) is 24.3 Å². The van der Waals surface area contributed by atoms with E-state index in [0.717, 1.165) is 12.8 Å². The van der Waals surface area contributed by atoms with Crippen LogP contribution in [0.2, 0.25) is 0 Å². The van der Waals surface area contributed by atoms with E-state index in [9.17, 15) is 13.2 Å². The molecule has 0 bridgehead atoms. The summed E-state index contributed by atoms with van der Waals surface area (Å²) in [6.45, 7) is 3.89. The van der Waals surface area contributed by atoms with Crippen molar-refractivity contribution in [1.29, 1.82) is 0 Å². The number of anilines is 1. The van der Waals surface area contributed by atoms with Crippen LogP contribution in [0, 0.1) is 0 Å². The van der Waals surface area contributed by atoms with Gasteiger partial charge in [0.05, 0.1) is 4.90 Å². The fourth-order valence-corrected chi connectivity index (χ4v) is 3.46. The van der Waals surface area contributed by atoms with Gasteiger partial charge in [0.2, 0.25) is 0 Å². The summed E-state index contributed by atoms with van der Waals surface area (Å²) < 4.78 is 32.6. The number of para-hydroxylation sites is 1. The summed E-state index contributed by atoms with van der Waals surface area (Å²) in [7, 11) is -3.67. The first-order valence-corrected chi connectivity index (χ1v) is 9.99. The topological polar surface area (TPSA) is 84.5 Å².